The average molecular weight is 234 g/mol. The van der Waals surface area contributed by atoms with Gasteiger partial charge < -0.3 is 9.84 Å². The van der Waals surface area contributed by atoms with E-state index in [0.29, 0.717) is 18.6 Å². The van der Waals surface area contributed by atoms with Gasteiger partial charge >= 0.3 is 5.97 Å². The highest BCUT2D eigenvalue weighted by Crippen LogP contribution is 2.25. The van der Waals surface area contributed by atoms with Crippen molar-refractivity contribution in [2.24, 2.45) is 5.92 Å². The highest BCUT2D eigenvalue weighted by Gasteiger charge is 2.35. The molecule has 1 N–H and O–H groups in total. The van der Waals surface area contributed by atoms with Crippen molar-refractivity contribution in [3.8, 4) is 0 Å². The molecule has 4 nitrogen and oxygen atoms in total. The van der Waals surface area contributed by atoms with Gasteiger partial charge in [-0.05, 0) is 6.42 Å². The molecule has 0 spiro atoms. The van der Waals surface area contributed by atoms with Crippen LogP contribution >= 0.6 is 0 Å². The molecule has 1 aromatic rings. The van der Waals surface area contributed by atoms with Crippen molar-refractivity contribution in [2.45, 2.75) is 18.9 Å². The number of hydrogen-bond acceptors (Lipinski definition) is 3. The summed E-state index contributed by atoms with van der Waals surface area (Å²) in [6.07, 6.45) is 0.0407. The minimum absolute atomic E-state index is 0.0210. The molecule has 1 saturated heterocycles. The zero-order chi connectivity index (χ0) is 12.3. The zero-order valence-corrected chi connectivity index (χ0v) is 9.33. The summed E-state index contributed by atoms with van der Waals surface area (Å²) in [5.41, 5.74) is 0.628. The molecule has 0 bridgehead atoms. The van der Waals surface area contributed by atoms with Gasteiger partial charge in [0, 0.05) is 24.5 Å². The molecule has 1 fully saturated rings. The van der Waals surface area contributed by atoms with Crippen LogP contribution < -0.4 is 0 Å². The fourth-order valence-corrected chi connectivity index (χ4v) is 2.10. The first-order valence-electron chi connectivity index (χ1n) is 5.61. The maximum Gasteiger partial charge on any atom is 0.333 e. The molecule has 2 rings (SSSR count). The molecule has 2 atom stereocenters. The first-order valence-corrected chi connectivity index (χ1v) is 5.61. The molecule has 4 heteroatoms. The van der Waals surface area contributed by atoms with Crippen molar-refractivity contribution in [2.75, 3.05) is 6.61 Å². The molecule has 17 heavy (non-hydrogen) atoms. The van der Waals surface area contributed by atoms with Crippen molar-refractivity contribution in [1.29, 1.82) is 0 Å². The fraction of sp³-hybridized carbons (Fsp3) is 0.385. The average Bonchev–Trinajstić information content (AvgIpc) is 2.78. The molecular formula is C13H14O4. The van der Waals surface area contributed by atoms with E-state index in [2.05, 4.69) is 0 Å². The van der Waals surface area contributed by atoms with Gasteiger partial charge in [0.1, 0.15) is 0 Å². The summed E-state index contributed by atoms with van der Waals surface area (Å²) in [5.74, 6) is -1.21. The number of aliphatic carboxylic acids is 1. The van der Waals surface area contributed by atoms with Crippen molar-refractivity contribution in [3.05, 3.63) is 35.9 Å². The van der Waals surface area contributed by atoms with Crippen LogP contribution in [0.25, 0.3) is 0 Å². The van der Waals surface area contributed by atoms with Gasteiger partial charge in [-0.25, -0.2) is 4.79 Å². The fourth-order valence-electron chi connectivity index (χ4n) is 2.10. The van der Waals surface area contributed by atoms with E-state index in [0.717, 1.165) is 0 Å². The van der Waals surface area contributed by atoms with Crippen LogP contribution in [0.3, 0.4) is 0 Å². The van der Waals surface area contributed by atoms with E-state index in [1.54, 1.807) is 24.3 Å². The summed E-state index contributed by atoms with van der Waals surface area (Å²) in [7, 11) is 0. The van der Waals surface area contributed by atoms with Crippen LogP contribution in [0.5, 0.6) is 0 Å². The van der Waals surface area contributed by atoms with Crippen molar-refractivity contribution < 1.29 is 19.4 Å². The number of carboxylic acids is 1. The van der Waals surface area contributed by atoms with Gasteiger partial charge in [-0.3, -0.25) is 4.79 Å². The van der Waals surface area contributed by atoms with Crippen LogP contribution in [-0.4, -0.2) is 29.6 Å². The number of carboxylic acid groups (broad SMARTS) is 1. The van der Waals surface area contributed by atoms with Gasteiger partial charge in [-0.15, -0.1) is 0 Å². The maximum atomic E-state index is 11.9. The molecule has 90 valence electrons. The number of hydrogen-bond donors (Lipinski definition) is 1. The van der Waals surface area contributed by atoms with Crippen LogP contribution in [0.15, 0.2) is 30.3 Å². The number of ketones is 1. The molecule has 0 aliphatic carbocycles. The van der Waals surface area contributed by atoms with Gasteiger partial charge in [0.05, 0.1) is 0 Å². The summed E-state index contributed by atoms with van der Waals surface area (Å²) < 4.78 is 5.11. The third-order valence-electron chi connectivity index (χ3n) is 3.00. The number of carbonyl (C=O) groups excluding carboxylic acids is 1. The molecule has 0 radical (unpaired) electrons. The number of carbonyl (C=O) groups is 2. The standard InChI is InChI=1S/C13H14O4/c14-11(9-4-2-1-3-5-9)8-10-6-7-17-12(10)13(15)16/h1-5,10,12H,6-8H2,(H,15,16)/t10-,12-/m1/s1. The molecule has 0 amide bonds. The van der Waals surface area contributed by atoms with Crippen molar-refractivity contribution in [3.63, 3.8) is 0 Å². The maximum absolute atomic E-state index is 11.9. The van der Waals surface area contributed by atoms with Gasteiger partial charge in [0.25, 0.3) is 0 Å². The molecule has 0 unspecified atom stereocenters. The smallest absolute Gasteiger partial charge is 0.333 e. The molecule has 1 aromatic carbocycles. The van der Waals surface area contributed by atoms with Gasteiger partial charge in [-0.2, -0.15) is 0 Å². The Morgan fingerprint density at radius 2 is 2.00 bits per heavy atom. The van der Waals surface area contributed by atoms with Gasteiger partial charge in [0.2, 0.25) is 0 Å². The first-order chi connectivity index (χ1) is 8.18. The van der Waals surface area contributed by atoms with Crippen LogP contribution in [0.4, 0.5) is 0 Å². The second-order valence-electron chi connectivity index (χ2n) is 4.17. The highest BCUT2D eigenvalue weighted by molar-refractivity contribution is 5.96. The number of Topliss-reactive ketones (excluding diaryl/α,β-unsaturated/α-hetero) is 1. The number of rotatable bonds is 4. The Morgan fingerprint density at radius 3 is 2.65 bits per heavy atom. The zero-order valence-electron chi connectivity index (χ0n) is 9.33. The topological polar surface area (TPSA) is 63.6 Å². The number of ether oxygens (including phenoxy) is 1. The Balaban J connectivity index is 2.02. The quantitative estimate of drug-likeness (QED) is 0.806. The van der Waals surface area contributed by atoms with E-state index in [1.165, 1.54) is 0 Å². The van der Waals surface area contributed by atoms with Crippen LogP contribution in [0.2, 0.25) is 0 Å². The Bertz CT molecular complexity index is 413. The van der Waals surface area contributed by atoms with E-state index < -0.39 is 12.1 Å². The Labute approximate surface area is 99.2 Å². The first kappa shape index (κ1) is 11.8. The van der Waals surface area contributed by atoms with Crippen LogP contribution in [0.1, 0.15) is 23.2 Å². The summed E-state index contributed by atoms with van der Waals surface area (Å²) in [6.45, 7) is 0.420. The summed E-state index contributed by atoms with van der Waals surface area (Å²) in [6, 6.07) is 8.93. The lowest BCUT2D eigenvalue weighted by molar-refractivity contribution is -0.149. The van der Waals surface area contributed by atoms with E-state index in [4.69, 9.17) is 9.84 Å². The summed E-state index contributed by atoms with van der Waals surface area (Å²) >= 11 is 0. The second-order valence-corrected chi connectivity index (χ2v) is 4.17. The van der Waals surface area contributed by atoms with Crippen LogP contribution in [0, 0.1) is 5.92 Å². The lowest BCUT2D eigenvalue weighted by Gasteiger charge is -2.13. The summed E-state index contributed by atoms with van der Waals surface area (Å²) in [5, 5.41) is 8.93. The van der Waals surface area contributed by atoms with Gasteiger partial charge in [-0.1, -0.05) is 30.3 Å². The third-order valence-corrected chi connectivity index (χ3v) is 3.00. The Hall–Kier alpha value is -1.68. The second kappa shape index (κ2) is 5.10. The van der Waals surface area contributed by atoms with Gasteiger partial charge in [0.15, 0.2) is 11.9 Å². The minimum Gasteiger partial charge on any atom is -0.479 e. The van der Waals surface area contributed by atoms with E-state index >= 15 is 0 Å². The molecule has 1 heterocycles. The molecule has 1 aliphatic rings. The lowest BCUT2D eigenvalue weighted by Crippen LogP contribution is -2.27. The predicted octanol–water partition coefficient (Wildman–Crippen LogP) is 1.75. The third kappa shape index (κ3) is 2.71. The number of benzene rings is 1. The summed E-state index contributed by atoms with van der Waals surface area (Å²) in [4.78, 5) is 22.8. The SMILES string of the molecule is O=C(C[C@H]1CCO[C@H]1C(=O)O)c1ccccc1. The lowest BCUT2D eigenvalue weighted by atomic mass is 9.93. The monoisotopic (exact) mass is 234 g/mol. The van der Waals surface area contributed by atoms with Crippen LogP contribution in [-0.2, 0) is 9.53 Å². The molecule has 0 saturated carbocycles. The van der Waals surface area contributed by atoms with Crippen molar-refractivity contribution in [1.82, 2.24) is 0 Å². The Morgan fingerprint density at radius 1 is 1.29 bits per heavy atom. The van der Waals surface area contributed by atoms with E-state index in [9.17, 15) is 9.59 Å². The van der Waals surface area contributed by atoms with E-state index in [1.807, 2.05) is 6.07 Å². The Kier molecular flexibility index (Phi) is 3.54. The minimum atomic E-state index is -0.978. The van der Waals surface area contributed by atoms with Crippen molar-refractivity contribution >= 4 is 11.8 Å². The normalized spacial score (nSPS) is 23.5. The van der Waals surface area contributed by atoms with E-state index in [-0.39, 0.29) is 18.1 Å². The largest absolute Gasteiger partial charge is 0.479 e. The highest BCUT2D eigenvalue weighted by atomic mass is 16.5. The molecule has 0 aromatic heterocycles. The predicted molar refractivity (Wildman–Crippen MR) is 60.9 cm³/mol. The molecular weight excluding hydrogens is 220 g/mol. The molecule has 1 aliphatic heterocycles.